The normalized spacial score (nSPS) is 9.09. The van der Waals surface area contributed by atoms with E-state index in [1.165, 1.54) is 10.7 Å². The van der Waals surface area contributed by atoms with Gasteiger partial charge in [0.1, 0.15) is 0 Å². The molecule has 54 valence electrons. The van der Waals surface area contributed by atoms with E-state index in [2.05, 4.69) is 92.5 Å². The Morgan fingerprint density at radius 3 is 1.82 bits per heavy atom. The number of halogens is 3. The van der Waals surface area contributed by atoms with Gasteiger partial charge >= 0.3 is 19.5 Å². The van der Waals surface area contributed by atoms with Crippen LogP contribution in [-0.2, 0) is 19.5 Å². The summed E-state index contributed by atoms with van der Waals surface area (Å²) in [6.45, 7) is 0. The standard InChI is InChI=1S/C6H3I3S.Zn/c7-3-1-5(9)6(10)2-4(3)8;/h1-2,10H;/q;+2. The minimum Gasteiger partial charge on any atom is -0.142 e. The Bertz CT molecular complexity index is 214. The van der Waals surface area contributed by atoms with Gasteiger partial charge in [-0.2, -0.15) is 0 Å². The van der Waals surface area contributed by atoms with E-state index in [-0.39, 0.29) is 19.5 Å². The third-order valence-corrected chi connectivity index (χ3v) is 5.50. The molecule has 11 heavy (non-hydrogen) atoms. The van der Waals surface area contributed by atoms with E-state index in [0.29, 0.717) is 0 Å². The predicted octanol–water partition coefficient (Wildman–Crippen LogP) is 3.79. The van der Waals surface area contributed by atoms with Crippen molar-refractivity contribution in [1.29, 1.82) is 0 Å². The molecule has 0 saturated carbocycles. The SMILES string of the molecule is Sc1cc(I)c(I)cc1I.[Zn+2]. The predicted molar refractivity (Wildman–Crippen MR) is 71.8 cm³/mol. The van der Waals surface area contributed by atoms with Crippen LogP contribution < -0.4 is 0 Å². The quantitative estimate of drug-likeness (QED) is 0.215. The van der Waals surface area contributed by atoms with Gasteiger partial charge in [0.2, 0.25) is 0 Å². The molecule has 0 heterocycles. The summed E-state index contributed by atoms with van der Waals surface area (Å²) in [5.74, 6) is 0. The van der Waals surface area contributed by atoms with Gasteiger partial charge in [-0.3, -0.25) is 0 Å². The molecule has 0 aliphatic rings. The van der Waals surface area contributed by atoms with Crippen molar-refractivity contribution in [3.8, 4) is 0 Å². The minimum atomic E-state index is 0. The molecule has 0 aromatic heterocycles. The number of rotatable bonds is 0. The van der Waals surface area contributed by atoms with Gasteiger partial charge in [-0.1, -0.05) is 0 Å². The molecule has 0 fully saturated rings. The van der Waals surface area contributed by atoms with Gasteiger partial charge in [-0.25, -0.2) is 0 Å². The first kappa shape index (κ1) is 13.4. The Balaban J connectivity index is 0.000001000. The van der Waals surface area contributed by atoms with Gasteiger partial charge in [0.25, 0.3) is 0 Å². The second kappa shape index (κ2) is 5.98. The zero-order chi connectivity index (χ0) is 7.72. The van der Waals surface area contributed by atoms with Gasteiger partial charge in [0.15, 0.2) is 0 Å². The maximum atomic E-state index is 4.30. The topological polar surface area (TPSA) is 0 Å². The van der Waals surface area contributed by atoms with Gasteiger partial charge in [-0.15, -0.1) is 12.6 Å². The molecule has 0 N–H and O–H groups in total. The zero-order valence-corrected chi connectivity index (χ0v) is 15.8. The van der Waals surface area contributed by atoms with E-state index in [4.69, 9.17) is 0 Å². The first-order chi connectivity index (χ1) is 4.61. The van der Waals surface area contributed by atoms with Crippen LogP contribution in [0.1, 0.15) is 0 Å². The maximum Gasteiger partial charge on any atom is 2.00 e. The van der Waals surface area contributed by atoms with Crippen LogP contribution >= 0.6 is 80.4 Å². The second-order valence-electron chi connectivity index (χ2n) is 1.72. The van der Waals surface area contributed by atoms with Crippen LogP contribution in [0.5, 0.6) is 0 Å². The van der Waals surface area contributed by atoms with E-state index in [1.54, 1.807) is 0 Å². The van der Waals surface area contributed by atoms with Gasteiger partial charge in [-0.05, 0) is 79.9 Å². The van der Waals surface area contributed by atoms with Gasteiger partial charge in [0.05, 0.1) is 0 Å². The van der Waals surface area contributed by atoms with Crippen LogP contribution in [0.3, 0.4) is 0 Å². The molecule has 0 atom stereocenters. The van der Waals surface area contributed by atoms with Crippen LogP contribution in [-0.4, -0.2) is 0 Å². The molecule has 1 aromatic rings. The molecule has 0 amide bonds. The molecule has 0 radical (unpaired) electrons. The third kappa shape index (κ3) is 3.95. The van der Waals surface area contributed by atoms with Crippen molar-refractivity contribution in [2.24, 2.45) is 0 Å². The molecule has 0 aliphatic carbocycles. The molecule has 0 aliphatic heterocycles. The third-order valence-electron chi connectivity index (χ3n) is 0.990. The average molecular weight is 553 g/mol. The number of hydrogen-bond donors (Lipinski definition) is 1. The van der Waals surface area contributed by atoms with E-state index in [9.17, 15) is 0 Å². The van der Waals surface area contributed by atoms with E-state index >= 15 is 0 Å². The minimum absolute atomic E-state index is 0. The van der Waals surface area contributed by atoms with Crippen molar-refractivity contribution in [1.82, 2.24) is 0 Å². The molecule has 1 rings (SSSR count). The van der Waals surface area contributed by atoms with E-state index in [1.807, 2.05) is 0 Å². The molecule has 1 aromatic carbocycles. The van der Waals surface area contributed by atoms with Crippen LogP contribution in [0, 0.1) is 10.7 Å². The monoisotopic (exact) mass is 552 g/mol. The first-order valence-corrected chi connectivity index (χ1v) is 6.13. The molecule has 0 nitrogen and oxygen atoms in total. The fraction of sp³-hybridized carbons (Fsp3) is 0. The zero-order valence-electron chi connectivity index (χ0n) is 5.44. The fourth-order valence-corrected chi connectivity index (χ4v) is 2.95. The van der Waals surface area contributed by atoms with Crippen LogP contribution in [0.4, 0.5) is 0 Å². The average Bonchev–Trinajstić information content (AvgIpc) is 1.84. The van der Waals surface area contributed by atoms with Crippen molar-refractivity contribution >= 4 is 80.4 Å². The van der Waals surface area contributed by atoms with Crippen LogP contribution in [0.25, 0.3) is 0 Å². The van der Waals surface area contributed by atoms with Crippen molar-refractivity contribution in [2.75, 3.05) is 0 Å². The summed E-state index contributed by atoms with van der Waals surface area (Å²) in [5.41, 5.74) is 0. The largest absolute Gasteiger partial charge is 2.00 e. The maximum absolute atomic E-state index is 4.30. The van der Waals surface area contributed by atoms with Gasteiger partial charge < -0.3 is 0 Å². The van der Waals surface area contributed by atoms with E-state index in [0.717, 1.165) is 4.90 Å². The molecule has 0 unspecified atom stereocenters. The first-order valence-electron chi connectivity index (χ1n) is 2.45. The van der Waals surface area contributed by atoms with Crippen LogP contribution in [0.2, 0.25) is 0 Å². The van der Waals surface area contributed by atoms with Crippen LogP contribution in [0.15, 0.2) is 17.0 Å². The molecule has 0 bridgehead atoms. The van der Waals surface area contributed by atoms with Crippen molar-refractivity contribution in [3.05, 3.63) is 22.8 Å². The summed E-state index contributed by atoms with van der Waals surface area (Å²) in [4.78, 5) is 1.06. The smallest absolute Gasteiger partial charge is 0.142 e. The summed E-state index contributed by atoms with van der Waals surface area (Å²) in [6.07, 6.45) is 0. The fourth-order valence-electron chi connectivity index (χ4n) is 0.512. The Labute approximate surface area is 125 Å². The Morgan fingerprint density at radius 2 is 1.36 bits per heavy atom. The summed E-state index contributed by atoms with van der Waals surface area (Å²) in [6, 6.07) is 4.21. The number of thiol groups is 1. The molecular weight excluding hydrogens is 550 g/mol. The van der Waals surface area contributed by atoms with Gasteiger partial charge in [0, 0.05) is 15.6 Å². The number of hydrogen-bond acceptors (Lipinski definition) is 1. The summed E-state index contributed by atoms with van der Waals surface area (Å²) < 4.78 is 3.77. The Kier molecular flexibility index (Phi) is 7.27. The summed E-state index contributed by atoms with van der Waals surface area (Å²) in [5, 5.41) is 0. The molecular formula is C6H3I3SZn+2. The van der Waals surface area contributed by atoms with E-state index < -0.39 is 0 Å². The van der Waals surface area contributed by atoms with Crippen molar-refractivity contribution in [3.63, 3.8) is 0 Å². The summed E-state index contributed by atoms with van der Waals surface area (Å²) in [7, 11) is 0. The molecule has 0 spiro atoms. The van der Waals surface area contributed by atoms with Crippen molar-refractivity contribution < 1.29 is 19.5 Å². The summed E-state index contributed by atoms with van der Waals surface area (Å²) >= 11 is 11.2. The van der Waals surface area contributed by atoms with Crippen molar-refractivity contribution in [2.45, 2.75) is 4.90 Å². The second-order valence-corrected chi connectivity index (χ2v) is 5.69. The molecule has 5 heteroatoms. The Hall–Kier alpha value is 2.38. The number of benzene rings is 1. The Morgan fingerprint density at radius 1 is 0.909 bits per heavy atom. The molecule has 0 saturated heterocycles.